The molecule has 0 aliphatic carbocycles. The summed E-state index contributed by atoms with van der Waals surface area (Å²) in [6, 6.07) is 0. The highest BCUT2D eigenvalue weighted by atomic mass is 16.5. The summed E-state index contributed by atoms with van der Waals surface area (Å²) in [5.74, 6) is -0.141. The van der Waals surface area contributed by atoms with Gasteiger partial charge in [0.25, 0.3) is 0 Å². The van der Waals surface area contributed by atoms with Gasteiger partial charge in [0.05, 0.1) is 19.3 Å². The summed E-state index contributed by atoms with van der Waals surface area (Å²) in [7, 11) is 1.42. The van der Waals surface area contributed by atoms with Crippen molar-refractivity contribution in [2.75, 3.05) is 7.11 Å². The van der Waals surface area contributed by atoms with Crippen molar-refractivity contribution in [1.29, 1.82) is 0 Å². The van der Waals surface area contributed by atoms with Crippen LogP contribution in [0.15, 0.2) is 0 Å². The van der Waals surface area contributed by atoms with Crippen LogP contribution in [0.4, 0.5) is 0 Å². The lowest BCUT2D eigenvalue weighted by molar-refractivity contribution is -0.140. The molecule has 23 heavy (non-hydrogen) atoms. The van der Waals surface area contributed by atoms with Gasteiger partial charge in [-0.05, 0) is 19.3 Å². The molecule has 0 heterocycles. The zero-order chi connectivity index (χ0) is 17.3. The third-order valence-electron chi connectivity index (χ3n) is 4.41. The van der Waals surface area contributed by atoms with E-state index >= 15 is 0 Å². The van der Waals surface area contributed by atoms with Crippen molar-refractivity contribution in [3.8, 4) is 0 Å². The number of carbonyl (C=O) groups excluding carboxylic acids is 1. The Hall–Kier alpha value is -0.610. The summed E-state index contributed by atoms with van der Waals surface area (Å²) in [5.41, 5.74) is 0. The monoisotopic (exact) mass is 330 g/mol. The molecule has 138 valence electrons. The smallest absolute Gasteiger partial charge is 0.305 e. The van der Waals surface area contributed by atoms with Gasteiger partial charge in [-0.15, -0.1) is 0 Å². The summed E-state index contributed by atoms with van der Waals surface area (Å²) in [6.07, 6.45) is 12.9. The molecule has 0 aromatic rings. The number of ether oxygens (including phenoxy) is 1. The van der Waals surface area contributed by atoms with Crippen LogP contribution < -0.4 is 0 Å². The lowest BCUT2D eigenvalue weighted by Crippen LogP contribution is -2.25. The van der Waals surface area contributed by atoms with E-state index < -0.39 is 12.2 Å². The highest BCUT2D eigenvalue weighted by Gasteiger charge is 2.15. The lowest BCUT2D eigenvalue weighted by atomic mass is 9.99. The fourth-order valence-electron chi connectivity index (χ4n) is 2.77. The summed E-state index contributed by atoms with van der Waals surface area (Å²) in [4.78, 5) is 10.9. The van der Waals surface area contributed by atoms with Crippen LogP contribution in [-0.2, 0) is 9.53 Å². The Bertz CT molecular complexity index is 268. The first kappa shape index (κ1) is 22.4. The highest BCUT2D eigenvalue weighted by molar-refractivity contribution is 5.68. The minimum Gasteiger partial charge on any atom is -0.469 e. The second-order valence-corrected chi connectivity index (χ2v) is 6.57. The first-order valence-electron chi connectivity index (χ1n) is 9.54. The third kappa shape index (κ3) is 14.7. The van der Waals surface area contributed by atoms with Crippen molar-refractivity contribution in [2.24, 2.45) is 0 Å². The van der Waals surface area contributed by atoms with Gasteiger partial charge in [-0.25, -0.2) is 0 Å². The molecule has 0 radical (unpaired) electrons. The summed E-state index contributed by atoms with van der Waals surface area (Å²) in [6.45, 7) is 2.21. The number of methoxy groups -OCH3 is 1. The molecule has 0 aromatic heterocycles. The van der Waals surface area contributed by atoms with Gasteiger partial charge >= 0.3 is 5.97 Å². The van der Waals surface area contributed by atoms with Gasteiger partial charge in [0, 0.05) is 6.42 Å². The van der Waals surface area contributed by atoms with E-state index in [1.165, 1.54) is 32.8 Å². The third-order valence-corrected chi connectivity index (χ3v) is 4.41. The molecule has 4 heteroatoms. The molecule has 2 N–H and O–H groups in total. The summed E-state index contributed by atoms with van der Waals surface area (Å²) >= 11 is 0. The Labute approximate surface area is 142 Å². The van der Waals surface area contributed by atoms with Gasteiger partial charge in [0.1, 0.15) is 0 Å². The van der Waals surface area contributed by atoms with Gasteiger partial charge in [0.15, 0.2) is 0 Å². The molecule has 0 fully saturated rings. The van der Waals surface area contributed by atoms with E-state index in [0.717, 1.165) is 44.9 Å². The Kier molecular flexibility index (Phi) is 15.8. The Morgan fingerprint density at radius 1 is 0.783 bits per heavy atom. The summed E-state index contributed by atoms with van der Waals surface area (Å²) < 4.78 is 4.60. The predicted molar refractivity (Wildman–Crippen MR) is 94.3 cm³/mol. The van der Waals surface area contributed by atoms with Crippen LogP contribution in [0.1, 0.15) is 96.8 Å². The topological polar surface area (TPSA) is 66.8 Å². The van der Waals surface area contributed by atoms with Crippen molar-refractivity contribution >= 4 is 5.97 Å². The molecule has 0 amide bonds. The quantitative estimate of drug-likeness (QED) is 0.326. The van der Waals surface area contributed by atoms with Crippen LogP contribution in [0.5, 0.6) is 0 Å². The largest absolute Gasteiger partial charge is 0.469 e. The van der Waals surface area contributed by atoms with E-state index in [0.29, 0.717) is 19.3 Å². The van der Waals surface area contributed by atoms with Crippen LogP contribution in [0.25, 0.3) is 0 Å². The minimum absolute atomic E-state index is 0.141. The molecule has 0 rings (SSSR count). The number of rotatable bonds is 16. The van der Waals surface area contributed by atoms with Crippen molar-refractivity contribution < 1.29 is 19.7 Å². The number of hydrogen-bond donors (Lipinski definition) is 2. The SMILES string of the molecule is CCCCCCCC[C@H](O)[C@H](O)CCCCCCCC(=O)OC. The molecule has 0 unspecified atom stereocenters. The van der Waals surface area contributed by atoms with E-state index in [2.05, 4.69) is 11.7 Å². The van der Waals surface area contributed by atoms with Crippen LogP contribution in [0, 0.1) is 0 Å². The van der Waals surface area contributed by atoms with Crippen LogP contribution in [0.2, 0.25) is 0 Å². The Morgan fingerprint density at radius 3 is 1.70 bits per heavy atom. The fourth-order valence-corrected chi connectivity index (χ4v) is 2.77. The van der Waals surface area contributed by atoms with Crippen LogP contribution in [0.3, 0.4) is 0 Å². The minimum atomic E-state index is -0.583. The van der Waals surface area contributed by atoms with E-state index in [-0.39, 0.29) is 5.97 Å². The maximum Gasteiger partial charge on any atom is 0.305 e. The van der Waals surface area contributed by atoms with Crippen LogP contribution >= 0.6 is 0 Å². The highest BCUT2D eigenvalue weighted by Crippen LogP contribution is 2.15. The van der Waals surface area contributed by atoms with Gasteiger partial charge in [-0.2, -0.15) is 0 Å². The molecule has 0 saturated carbocycles. The van der Waals surface area contributed by atoms with E-state index in [1.807, 2.05) is 0 Å². The average Bonchev–Trinajstić information content (AvgIpc) is 2.56. The zero-order valence-corrected chi connectivity index (χ0v) is 15.3. The second-order valence-electron chi connectivity index (χ2n) is 6.57. The first-order chi connectivity index (χ1) is 11.1. The molecule has 0 aromatic carbocycles. The maximum atomic E-state index is 10.9. The maximum absolute atomic E-state index is 10.9. The fraction of sp³-hybridized carbons (Fsp3) is 0.947. The Balaban J connectivity index is 3.40. The summed E-state index contributed by atoms with van der Waals surface area (Å²) in [5, 5.41) is 19.9. The average molecular weight is 331 g/mol. The van der Waals surface area contributed by atoms with Crippen molar-refractivity contribution in [2.45, 2.75) is 109 Å². The molecule has 0 aliphatic rings. The predicted octanol–water partition coefficient (Wildman–Crippen LogP) is 4.36. The number of aliphatic hydroxyl groups excluding tert-OH is 2. The van der Waals surface area contributed by atoms with E-state index in [1.54, 1.807) is 0 Å². The molecule has 4 nitrogen and oxygen atoms in total. The Morgan fingerprint density at radius 2 is 1.22 bits per heavy atom. The molecular formula is C19H38O4. The number of hydrogen-bond acceptors (Lipinski definition) is 4. The van der Waals surface area contributed by atoms with Crippen molar-refractivity contribution in [3.63, 3.8) is 0 Å². The molecule has 0 aliphatic heterocycles. The van der Waals surface area contributed by atoms with Gasteiger partial charge in [0.2, 0.25) is 0 Å². The normalized spacial score (nSPS) is 13.7. The van der Waals surface area contributed by atoms with Gasteiger partial charge in [-0.3, -0.25) is 4.79 Å². The second kappa shape index (κ2) is 16.3. The molecular weight excluding hydrogens is 292 g/mol. The number of aliphatic hydroxyl groups is 2. The number of esters is 1. The number of carbonyl (C=O) groups is 1. The molecule has 2 atom stereocenters. The first-order valence-corrected chi connectivity index (χ1v) is 9.54. The van der Waals surface area contributed by atoms with Crippen LogP contribution in [-0.4, -0.2) is 35.5 Å². The van der Waals surface area contributed by atoms with Gasteiger partial charge in [-0.1, -0.05) is 71.1 Å². The van der Waals surface area contributed by atoms with Crippen molar-refractivity contribution in [1.82, 2.24) is 0 Å². The van der Waals surface area contributed by atoms with E-state index in [4.69, 9.17) is 0 Å². The molecule has 0 bridgehead atoms. The zero-order valence-electron chi connectivity index (χ0n) is 15.3. The molecule has 0 saturated heterocycles. The van der Waals surface area contributed by atoms with E-state index in [9.17, 15) is 15.0 Å². The standard InChI is InChI=1S/C19H38O4/c1-3-4-5-6-8-11-14-17(20)18(21)15-12-9-7-10-13-16-19(22)23-2/h17-18,20-21H,3-16H2,1-2H3/t17-,18+/m0/s1. The molecule has 0 spiro atoms. The number of unbranched alkanes of at least 4 members (excludes halogenated alkanes) is 9. The van der Waals surface area contributed by atoms with Crippen molar-refractivity contribution in [3.05, 3.63) is 0 Å². The lowest BCUT2D eigenvalue weighted by Gasteiger charge is -2.17. The van der Waals surface area contributed by atoms with Gasteiger partial charge < -0.3 is 14.9 Å².